The molecule has 3 heterocycles. The largest absolute Gasteiger partial charge is 0.497 e. The van der Waals surface area contributed by atoms with E-state index in [-0.39, 0.29) is 30.9 Å². The van der Waals surface area contributed by atoms with Crippen LogP contribution in [-0.2, 0) is 16.1 Å². The average Bonchev–Trinajstić information content (AvgIpc) is 3.41. The van der Waals surface area contributed by atoms with Crippen molar-refractivity contribution < 1.29 is 19.1 Å². The van der Waals surface area contributed by atoms with Crippen LogP contribution in [0.1, 0.15) is 30.0 Å². The zero-order valence-electron chi connectivity index (χ0n) is 24.8. The molecular weight excluding hydrogens is 564 g/mol. The summed E-state index contributed by atoms with van der Waals surface area (Å²) < 4.78 is 10.9. The number of benzene rings is 2. The number of hydrogen-bond acceptors (Lipinski definition) is 7. The first kappa shape index (κ1) is 30.2. The molecule has 0 spiro atoms. The molecule has 2 aliphatic rings. The van der Waals surface area contributed by atoms with Crippen molar-refractivity contribution in [2.24, 2.45) is 0 Å². The second-order valence-corrected chi connectivity index (χ2v) is 11.4. The highest BCUT2D eigenvalue weighted by Crippen LogP contribution is 2.35. The van der Waals surface area contributed by atoms with E-state index >= 15 is 0 Å². The van der Waals surface area contributed by atoms with Crippen LogP contribution in [0.4, 0.5) is 5.69 Å². The van der Waals surface area contributed by atoms with Crippen LogP contribution < -0.4 is 20.1 Å². The van der Waals surface area contributed by atoms with Gasteiger partial charge in [0.25, 0.3) is 5.91 Å². The molecule has 5 rings (SSSR count). The van der Waals surface area contributed by atoms with Gasteiger partial charge in [0.15, 0.2) is 5.11 Å². The minimum absolute atomic E-state index is 0.0172. The molecule has 0 bridgehead atoms. The zero-order chi connectivity index (χ0) is 30.4. The lowest BCUT2D eigenvalue weighted by Gasteiger charge is -2.47. The van der Waals surface area contributed by atoms with Crippen LogP contribution in [-0.4, -0.2) is 89.6 Å². The minimum Gasteiger partial charge on any atom is -0.497 e. The maximum absolute atomic E-state index is 14.4. The van der Waals surface area contributed by atoms with Gasteiger partial charge in [0.2, 0.25) is 5.91 Å². The lowest BCUT2D eigenvalue weighted by molar-refractivity contribution is -0.150. The third-order valence-corrected chi connectivity index (χ3v) is 8.67. The van der Waals surface area contributed by atoms with Crippen molar-refractivity contribution in [1.29, 1.82) is 0 Å². The third kappa shape index (κ3) is 6.73. The van der Waals surface area contributed by atoms with Crippen molar-refractivity contribution in [2.45, 2.75) is 31.0 Å². The van der Waals surface area contributed by atoms with Crippen LogP contribution in [0.5, 0.6) is 11.5 Å². The van der Waals surface area contributed by atoms with E-state index in [9.17, 15) is 9.59 Å². The quantitative estimate of drug-likeness (QED) is 0.338. The highest BCUT2D eigenvalue weighted by Gasteiger charge is 2.48. The highest BCUT2D eigenvalue weighted by molar-refractivity contribution is 7.80. The zero-order valence-corrected chi connectivity index (χ0v) is 25.6. The van der Waals surface area contributed by atoms with Crippen LogP contribution >= 0.6 is 12.2 Å². The topological polar surface area (TPSA) is 99.3 Å². The SMILES string of the molecule is COc1ccc(NC(=O)C2(N(Cc3cccnc3)C(=O)CN3C[C@H](c4ccccc4)NC3=S)CCN(C)CC2)c(OC)c1. The molecule has 0 saturated carbocycles. The molecule has 2 fully saturated rings. The van der Waals surface area contributed by atoms with E-state index in [1.807, 2.05) is 54.4 Å². The molecule has 0 aliphatic carbocycles. The Hall–Kier alpha value is -4.22. The fourth-order valence-electron chi connectivity index (χ4n) is 5.75. The monoisotopic (exact) mass is 602 g/mol. The number of carbonyl (C=O) groups excluding carboxylic acids is 2. The fourth-order valence-corrected chi connectivity index (χ4v) is 6.03. The molecule has 1 aromatic heterocycles. The van der Waals surface area contributed by atoms with Gasteiger partial charge in [-0.3, -0.25) is 14.6 Å². The number of pyridine rings is 1. The van der Waals surface area contributed by atoms with Gasteiger partial charge in [-0.2, -0.15) is 0 Å². The van der Waals surface area contributed by atoms with Gasteiger partial charge in [0.05, 0.1) is 32.5 Å². The van der Waals surface area contributed by atoms with E-state index in [1.165, 1.54) is 0 Å². The van der Waals surface area contributed by atoms with Crippen molar-refractivity contribution >= 4 is 34.8 Å². The maximum atomic E-state index is 14.4. The number of rotatable bonds is 10. The maximum Gasteiger partial charge on any atom is 0.250 e. The Kier molecular flexibility index (Phi) is 9.42. The summed E-state index contributed by atoms with van der Waals surface area (Å²) in [6.45, 7) is 2.15. The van der Waals surface area contributed by atoms with Crippen LogP contribution in [0.3, 0.4) is 0 Å². The first-order valence-electron chi connectivity index (χ1n) is 14.3. The number of anilines is 1. The minimum atomic E-state index is -1.11. The van der Waals surface area contributed by atoms with E-state index in [0.29, 0.717) is 54.8 Å². The number of hydrogen-bond donors (Lipinski definition) is 2. The molecule has 2 N–H and O–H groups in total. The second-order valence-electron chi connectivity index (χ2n) is 11.0. The van der Waals surface area contributed by atoms with Gasteiger partial charge in [-0.25, -0.2) is 0 Å². The van der Waals surface area contributed by atoms with Gasteiger partial charge in [0.1, 0.15) is 17.0 Å². The Balaban J connectivity index is 1.46. The fraction of sp³-hybridized carbons (Fsp3) is 0.375. The molecule has 2 aliphatic heterocycles. The smallest absolute Gasteiger partial charge is 0.250 e. The molecule has 10 nitrogen and oxygen atoms in total. The number of nitrogens with zero attached hydrogens (tertiary/aromatic N) is 4. The number of piperidine rings is 1. The molecule has 1 atom stereocenters. The molecule has 2 aromatic carbocycles. The van der Waals surface area contributed by atoms with Crippen molar-refractivity contribution in [2.75, 3.05) is 52.8 Å². The number of methoxy groups -OCH3 is 2. The first-order valence-corrected chi connectivity index (χ1v) is 14.8. The molecule has 2 amide bonds. The van der Waals surface area contributed by atoms with Crippen molar-refractivity contribution in [3.8, 4) is 11.5 Å². The van der Waals surface area contributed by atoms with Gasteiger partial charge in [0, 0.05) is 44.6 Å². The van der Waals surface area contributed by atoms with E-state index in [2.05, 4.69) is 20.5 Å². The summed E-state index contributed by atoms with van der Waals surface area (Å²) in [5.41, 5.74) is 1.34. The van der Waals surface area contributed by atoms with Crippen LogP contribution in [0.15, 0.2) is 73.1 Å². The number of aromatic nitrogens is 1. The predicted octanol–water partition coefficient (Wildman–Crippen LogP) is 3.46. The normalized spacial score (nSPS) is 18.1. The molecule has 0 radical (unpaired) electrons. The summed E-state index contributed by atoms with van der Waals surface area (Å²) in [5.74, 6) is 0.649. The summed E-state index contributed by atoms with van der Waals surface area (Å²) in [6.07, 6.45) is 4.37. The summed E-state index contributed by atoms with van der Waals surface area (Å²) >= 11 is 5.66. The first-order chi connectivity index (χ1) is 20.8. The lowest BCUT2D eigenvalue weighted by atomic mass is 9.83. The van der Waals surface area contributed by atoms with Gasteiger partial charge >= 0.3 is 0 Å². The molecule has 11 heteroatoms. The van der Waals surface area contributed by atoms with Crippen molar-refractivity contribution in [3.63, 3.8) is 0 Å². The average molecular weight is 603 g/mol. The van der Waals surface area contributed by atoms with Crippen LogP contribution in [0.25, 0.3) is 0 Å². The van der Waals surface area contributed by atoms with Crippen molar-refractivity contribution in [1.82, 2.24) is 25.0 Å². The number of nitrogens with one attached hydrogen (secondary N) is 2. The third-order valence-electron chi connectivity index (χ3n) is 8.29. The Morgan fingerprint density at radius 3 is 2.53 bits per heavy atom. The van der Waals surface area contributed by atoms with E-state index in [4.69, 9.17) is 21.7 Å². The summed E-state index contributed by atoms with van der Waals surface area (Å²) in [4.78, 5) is 38.9. The lowest BCUT2D eigenvalue weighted by Crippen LogP contribution is -2.64. The number of amides is 2. The molecule has 2 saturated heterocycles. The standard InChI is InChI=1S/C32H38N6O4S/c1-36-16-13-32(14-17-36,30(40)34-26-12-11-25(41-2)18-28(26)42-3)38(20-23-8-7-15-33-19-23)29(39)22-37-21-27(35-31(37)43)24-9-5-4-6-10-24/h4-12,15,18-19,27H,13-14,16-17,20-22H2,1-3H3,(H,34,40)(H,35,43)/t27-/m1/s1. The van der Waals surface area contributed by atoms with Crippen LogP contribution in [0.2, 0.25) is 0 Å². The Bertz CT molecular complexity index is 1430. The molecule has 226 valence electrons. The number of thiocarbonyl (C=S) groups is 1. The highest BCUT2D eigenvalue weighted by atomic mass is 32.1. The van der Waals surface area contributed by atoms with Crippen LogP contribution in [0, 0.1) is 0 Å². The molecule has 3 aromatic rings. The van der Waals surface area contributed by atoms with Gasteiger partial charge in [-0.15, -0.1) is 0 Å². The van der Waals surface area contributed by atoms with E-state index in [0.717, 1.165) is 11.1 Å². The summed E-state index contributed by atoms with van der Waals surface area (Å²) in [6, 6.07) is 19.0. The summed E-state index contributed by atoms with van der Waals surface area (Å²) in [5, 5.41) is 6.97. The second kappa shape index (κ2) is 13.4. The molecular formula is C32H38N6O4S. The Morgan fingerprint density at radius 1 is 1.09 bits per heavy atom. The Labute approximate surface area is 258 Å². The van der Waals surface area contributed by atoms with E-state index in [1.54, 1.807) is 49.7 Å². The van der Waals surface area contributed by atoms with Gasteiger partial charge < -0.3 is 34.8 Å². The van der Waals surface area contributed by atoms with Gasteiger partial charge in [-0.05, 0) is 61.4 Å². The molecule has 43 heavy (non-hydrogen) atoms. The predicted molar refractivity (Wildman–Crippen MR) is 169 cm³/mol. The van der Waals surface area contributed by atoms with E-state index < -0.39 is 5.54 Å². The number of likely N-dealkylation sites (tertiary alicyclic amines) is 1. The molecule has 0 unspecified atom stereocenters. The summed E-state index contributed by atoms with van der Waals surface area (Å²) in [7, 11) is 5.15. The Morgan fingerprint density at radius 2 is 1.86 bits per heavy atom. The van der Waals surface area contributed by atoms with Crippen molar-refractivity contribution in [3.05, 3.63) is 84.2 Å². The number of carbonyl (C=O) groups is 2. The van der Waals surface area contributed by atoms with Gasteiger partial charge in [-0.1, -0.05) is 36.4 Å². The number of ether oxygens (including phenoxy) is 2.